The summed E-state index contributed by atoms with van der Waals surface area (Å²) in [7, 11) is 1.19. The highest BCUT2D eigenvalue weighted by Crippen LogP contribution is 2.01. The summed E-state index contributed by atoms with van der Waals surface area (Å²) < 4.78 is 9.96. The first-order chi connectivity index (χ1) is 10.5. The lowest BCUT2D eigenvalue weighted by Crippen LogP contribution is -2.71. The minimum Gasteiger partial charge on any atom is -0.467 e. The molecule has 0 fully saturated rings. The molecule has 1 aromatic rings. The fourth-order valence-electron chi connectivity index (χ4n) is 1.74. The molecule has 0 aliphatic carbocycles. The highest BCUT2D eigenvalue weighted by Gasteiger charge is 2.29. The molecular weight excluding hydrogens is 288 g/mol. The van der Waals surface area contributed by atoms with Gasteiger partial charge in [0, 0.05) is 0 Å². The van der Waals surface area contributed by atoms with Crippen LogP contribution in [-0.2, 0) is 25.7 Å². The third kappa shape index (κ3) is 5.80. The van der Waals surface area contributed by atoms with Gasteiger partial charge in [0.25, 0.3) is 5.91 Å². The van der Waals surface area contributed by atoms with Crippen molar-refractivity contribution >= 4 is 11.9 Å². The van der Waals surface area contributed by atoms with Crippen molar-refractivity contribution in [2.75, 3.05) is 13.7 Å². The van der Waals surface area contributed by atoms with E-state index in [1.54, 1.807) is 0 Å². The summed E-state index contributed by atoms with van der Waals surface area (Å²) in [6, 6.07) is 7.72. The number of hydrogen-bond acceptors (Lipinski definition) is 5. The minimum atomic E-state index is -1.11. The highest BCUT2D eigenvalue weighted by molar-refractivity contribution is 5.87. The van der Waals surface area contributed by atoms with E-state index in [0.717, 1.165) is 5.56 Å². The molecule has 0 radical (unpaired) electrons. The molecule has 1 rings (SSSR count). The van der Waals surface area contributed by atoms with Crippen LogP contribution < -0.4 is 11.1 Å². The second kappa shape index (κ2) is 9.14. The molecule has 5 N–H and O–H groups in total. The number of carbonyl (C=O) groups is 2. The van der Waals surface area contributed by atoms with Crippen molar-refractivity contribution in [3.8, 4) is 0 Å². The van der Waals surface area contributed by atoms with E-state index in [9.17, 15) is 14.7 Å². The summed E-state index contributed by atoms with van der Waals surface area (Å²) in [5.74, 6) is -1.19. The van der Waals surface area contributed by atoms with Crippen molar-refractivity contribution in [1.29, 1.82) is 0 Å². The van der Waals surface area contributed by atoms with Gasteiger partial charge < -0.3 is 25.6 Å². The Labute approximate surface area is 129 Å². The largest absolute Gasteiger partial charge is 0.467 e. The van der Waals surface area contributed by atoms with Gasteiger partial charge in [-0.2, -0.15) is 0 Å². The quantitative estimate of drug-likeness (QED) is 0.525. The summed E-state index contributed by atoms with van der Waals surface area (Å²) >= 11 is 0. The maximum atomic E-state index is 11.9. The molecule has 3 atom stereocenters. The van der Waals surface area contributed by atoms with Crippen LogP contribution in [0.15, 0.2) is 30.3 Å². The van der Waals surface area contributed by atoms with Crippen LogP contribution in [-0.4, -0.2) is 48.9 Å². The fourth-order valence-corrected chi connectivity index (χ4v) is 1.74. The number of amides is 1. The molecule has 0 saturated carbocycles. The third-order valence-corrected chi connectivity index (χ3v) is 3.04. The van der Waals surface area contributed by atoms with Gasteiger partial charge in [-0.05, 0) is 12.5 Å². The van der Waals surface area contributed by atoms with Crippen LogP contribution >= 0.6 is 0 Å². The lowest BCUT2D eigenvalue weighted by Gasteiger charge is -2.20. The molecular formula is C15H23N2O5+. The Morgan fingerprint density at radius 3 is 2.50 bits per heavy atom. The van der Waals surface area contributed by atoms with E-state index in [1.807, 2.05) is 30.3 Å². The third-order valence-electron chi connectivity index (χ3n) is 3.04. The molecule has 0 bridgehead atoms. The Balaban J connectivity index is 2.42. The summed E-state index contributed by atoms with van der Waals surface area (Å²) in [5, 5.41) is 11.9. The van der Waals surface area contributed by atoms with Crippen molar-refractivity contribution in [1.82, 2.24) is 5.32 Å². The number of ether oxygens (including phenoxy) is 2. The number of nitrogens with one attached hydrogen (secondary N) is 1. The van der Waals surface area contributed by atoms with Gasteiger partial charge in [0.2, 0.25) is 0 Å². The number of esters is 1. The number of aliphatic hydroxyl groups excluding tert-OH is 1. The summed E-state index contributed by atoms with van der Waals surface area (Å²) in [6.45, 7) is 1.87. The Morgan fingerprint density at radius 2 is 1.95 bits per heavy atom. The average Bonchev–Trinajstić information content (AvgIpc) is 2.52. The van der Waals surface area contributed by atoms with Crippen molar-refractivity contribution in [2.45, 2.75) is 31.7 Å². The van der Waals surface area contributed by atoms with Crippen molar-refractivity contribution in [3.63, 3.8) is 0 Å². The monoisotopic (exact) mass is 311 g/mol. The van der Waals surface area contributed by atoms with Crippen molar-refractivity contribution in [3.05, 3.63) is 35.9 Å². The van der Waals surface area contributed by atoms with Gasteiger partial charge in [-0.15, -0.1) is 0 Å². The molecule has 22 heavy (non-hydrogen) atoms. The fraction of sp³-hybridized carbons (Fsp3) is 0.467. The number of methoxy groups -OCH3 is 1. The van der Waals surface area contributed by atoms with Gasteiger partial charge in [0.05, 0.1) is 19.8 Å². The van der Waals surface area contributed by atoms with Gasteiger partial charge >= 0.3 is 5.97 Å². The normalized spacial score (nSPS) is 14.7. The summed E-state index contributed by atoms with van der Waals surface area (Å²) in [5.41, 5.74) is 4.69. The van der Waals surface area contributed by atoms with Gasteiger partial charge in [-0.25, -0.2) is 4.79 Å². The Bertz CT molecular complexity index is 478. The number of carbonyl (C=O) groups excluding carboxylic acids is 2. The molecule has 1 amide bonds. The zero-order chi connectivity index (χ0) is 16.5. The van der Waals surface area contributed by atoms with Crippen LogP contribution in [0.1, 0.15) is 12.5 Å². The van der Waals surface area contributed by atoms with Crippen LogP contribution in [0.25, 0.3) is 0 Å². The first-order valence-electron chi connectivity index (χ1n) is 6.96. The van der Waals surface area contributed by atoms with E-state index >= 15 is 0 Å². The highest BCUT2D eigenvalue weighted by atomic mass is 16.5. The molecule has 0 saturated heterocycles. The molecule has 0 unspecified atom stereocenters. The zero-order valence-corrected chi connectivity index (χ0v) is 12.8. The lowest BCUT2D eigenvalue weighted by atomic mass is 10.1. The molecule has 0 aliphatic heterocycles. The number of hydrogen-bond donors (Lipinski definition) is 3. The van der Waals surface area contributed by atoms with E-state index in [-0.39, 0.29) is 6.61 Å². The van der Waals surface area contributed by atoms with Gasteiger partial charge in [-0.3, -0.25) is 4.79 Å². The predicted molar refractivity (Wildman–Crippen MR) is 78.4 cm³/mol. The molecule has 7 nitrogen and oxygen atoms in total. The molecule has 0 spiro atoms. The van der Waals surface area contributed by atoms with Crippen LogP contribution in [0.5, 0.6) is 0 Å². The molecule has 122 valence electrons. The second-order valence-electron chi connectivity index (χ2n) is 4.95. The van der Waals surface area contributed by atoms with E-state index in [0.29, 0.717) is 6.61 Å². The van der Waals surface area contributed by atoms with Crippen LogP contribution in [0, 0.1) is 0 Å². The maximum absolute atomic E-state index is 11.9. The smallest absolute Gasteiger partial charge is 0.331 e. The van der Waals surface area contributed by atoms with Crippen LogP contribution in [0.3, 0.4) is 0 Å². The van der Waals surface area contributed by atoms with Gasteiger partial charge in [-0.1, -0.05) is 30.3 Å². The molecule has 1 aromatic carbocycles. The Kier molecular flexibility index (Phi) is 7.51. The number of aliphatic hydroxyl groups is 1. The van der Waals surface area contributed by atoms with E-state index < -0.39 is 30.1 Å². The van der Waals surface area contributed by atoms with E-state index in [1.165, 1.54) is 14.0 Å². The van der Waals surface area contributed by atoms with Gasteiger partial charge in [0.15, 0.2) is 12.1 Å². The van der Waals surface area contributed by atoms with Crippen molar-refractivity contribution < 1.29 is 29.9 Å². The Hall–Kier alpha value is -1.96. The zero-order valence-electron chi connectivity index (χ0n) is 12.8. The lowest BCUT2D eigenvalue weighted by molar-refractivity contribution is -0.411. The SMILES string of the molecule is COC(=O)[C@@H](NC(=O)[C@H]([NH3+])COCc1ccccc1)[C@@H](C)O. The van der Waals surface area contributed by atoms with Crippen molar-refractivity contribution in [2.24, 2.45) is 0 Å². The van der Waals surface area contributed by atoms with E-state index in [2.05, 4.69) is 15.8 Å². The topological polar surface area (TPSA) is 112 Å². The first-order valence-corrected chi connectivity index (χ1v) is 6.96. The average molecular weight is 311 g/mol. The van der Waals surface area contributed by atoms with Gasteiger partial charge in [0.1, 0.15) is 6.61 Å². The van der Waals surface area contributed by atoms with Crippen LogP contribution in [0.2, 0.25) is 0 Å². The molecule has 0 heterocycles. The van der Waals surface area contributed by atoms with Crippen LogP contribution in [0.4, 0.5) is 0 Å². The standard InChI is InChI=1S/C15H22N2O5/c1-10(18)13(15(20)21-2)17-14(19)12(16)9-22-8-11-6-4-3-5-7-11/h3-7,10,12-13,18H,8-9,16H2,1-2H3,(H,17,19)/p+1/t10-,12-,13+/m1/s1. The number of quaternary nitrogens is 1. The second-order valence-corrected chi connectivity index (χ2v) is 4.95. The minimum absolute atomic E-state index is 0.106. The number of rotatable bonds is 8. The summed E-state index contributed by atoms with van der Waals surface area (Å²) in [6.07, 6.45) is -1.06. The van der Waals surface area contributed by atoms with E-state index in [4.69, 9.17) is 4.74 Å². The molecule has 0 aliphatic rings. The molecule has 0 aromatic heterocycles. The Morgan fingerprint density at radius 1 is 1.32 bits per heavy atom. The first kappa shape index (κ1) is 18.1. The number of benzene rings is 1. The predicted octanol–water partition coefficient (Wildman–Crippen LogP) is -1.15. The summed E-state index contributed by atoms with van der Waals surface area (Å²) in [4.78, 5) is 23.4. The molecule has 7 heteroatoms. The maximum Gasteiger partial charge on any atom is 0.331 e.